The van der Waals surface area contributed by atoms with Gasteiger partial charge >= 0.3 is 6.03 Å². The van der Waals surface area contributed by atoms with E-state index >= 15 is 0 Å². The maximum atomic E-state index is 12.4. The number of carbonyl (C=O) groups is 2. The van der Waals surface area contributed by atoms with Crippen molar-refractivity contribution in [1.29, 1.82) is 0 Å². The topological polar surface area (TPSA) is 88.6 Å². The first-order valence-electron chi connectivity index (χ1n) is 6.55. The van der Waals surface area contributed by atoms with Gasteiger partial charge in [0.25, 0.3) is 5.91 Å². The number of amides is 3. The summed E-state index contributed by atoms with van der Waals surface area (Å²) in [4.78, 5) is 25.6. The third-order valence-electron chi connectivity index (χ3n) is 3.99. The van der Waals surface area contributed by atoms with Crippen molar-refractivity contribution in [2.45, 2.75) is 37.3 Å². The first-order valence-corrected chi connectivity index (χ1v) is 6.55. The molecule has 1 aromatic heterocycles. The molecule has 3 amide bonds. The van der Waals surface area contributed by atoms with Gasteiger partial charge in [0.2, 0.25) is 0 Å². The molecule has 0 radical (unpaired) electrons. The minimum absolute atomic E-state index is 0.142. The molecule has 1 spiro atoms. The van der Waals surface area contributed by atoms with Crippen LogP contribution in [0.1, 0.15) is 37.5 Å². The molecule has 19 heavy (non-hydrogen) atoms. The highest BCUT2D eigenvalue weighted by Crippen LogP contribution is 2.35. The quantitative estimate of drug-likeness (QED) is 0.800. The molecule has 1 aromatic rings. The van der Waals surface area contributed by atoms with Crippen LogP contribution in [0, 0.1) is 0 Å². The van der Waals surface area contributed by atoms with Gasteiger partial charge in [-0.1, -0.05) is 12.8 Å². The number of rotatable bonds is 3. The van der Waals surface area contributed by atoms with Gasteiger partial charge in [0.05, 0.1) is 18.8 Å². The second-order valence-electron chi connectivity index (χ2n) is 5.26. The van der Waals surface area contributed by atoms with Crippen LogP contribution in [0.3, 0.4) is 0 Å². The van der Waals surface area contributed by atoms with Gasteiger partial charge in [0.15, 0.2) is 0 Å². The molecule has 1 unspecified atom stereocenters. The summed E-state index contributed by atoms with van der Waals surface area (Å²) in [6.45, 7) is 0.153. The Kier molecular flexibility index (Phi) is 2.82. The van der Waals surface area contributed by atoms with Gasteiger partial charge in [0.1, 0.15) is 11.3 Å². The highest BCUT2D eigenvalue weighted by atomic mass is 16.3. The molecule has 1 saturated carbocycles. The average molecular weight is 263 g/mol. The van der Waals surface area contributed by atoms with Gasteiger partial charge in [-0.05, 0) is 25.0 Å². The predicted octanol–water partition coefficient (Wildman–Crippen LogP) is 1.14. The van der Waals surface area contributed by atoms with Crippen molar-refractivity contribution in [3.05, 3.63) is 24.2 Å². The van der Waals surface area contributed by atoms with E-state index in [1.54, 1.807) is 12.1 Å². The van der Waals surface area contributed by atoms with Crippen molar-refractivity contribution >= 4 is 11.9 Å². The van der Waals surface area contributed by atoms with E-state index in [1.807, 2.05) is 0 Å². The van der Waals surface area contributed by atoms with E-state index < -0.39 is 11.6 Å². The third kappa shape index (κ3) is 1.92. The predicted molar refractivity (Wildman–Crippen MR) is 67.1 cm³/mol. The summed E-state index contributed by atoms with van der Waals surface area (Å²) in [5, 5.41) is 2.83. The molecule has 3 N–H and O–H groups in total. The number of nitrogens with one attached hydrogen (secondary N) is 1. The van der Waals surface area contributed by atoms with Gasteiger partial charge in [-0.25, -0.2) is 4.79 Å². The lowest BCUT2D eigenvalue weighted by Crippen LogP contribution is -2.44. The largest absolute Gasteiger partial charge is 0.468 e. The fourth-order valence-electron chi connectivity index (χ4n) is 2.95. The van der Waals surface area contributed by atoms with E-state index in [2.05, 4.69) is 5.32 Å². The Hall–Kier alpha value is -1.82. The number of nitrogens with two attached hydrogens (primary N) is 1. The first kappa shape index (κ1) is 12.2. The molecule has 1 aliphatic carbocycles. The molecule has 2 fully saturated rings. The number of hydrogen-bond acceptors (Lipinski definition) is 4. The summed E-state index contributed by atoms with van der Waals surface area (Å²) in [5.74, 6) is 0.435. The van der Waals surface area contributed by atoms with Crippen molar-refractivity contribution < 1.29 is 14.0 Å². The van der Waals surface area contributed by atoms with Crippen LogP contribution in [0.2, 0.25) is 0 Å². The highest BCUT2D eigenvalue weighted by Gasteiger charge is 2.52. The third-order valence-corrected chi connectivity index (χ3v) is 3.99. The minimum atomic E-state index is -0.667. The fraction of sp³-hybridized carbons (Fsp3) is 0.538. The lowest BCUT2D eigenvalue weighted by molar-refractivity contribution is -0.131. The van der Waals surface area contributed by atoms with E-state index in [1.165, 1.54) is 11.2 Å². The van der Waals surface area contributed by atoms with Gasteiger partial charge in [0, 0.05) is 0 Å². The Morgan fingerprint density at radius 2 is 2.16 bits per heavy atom. The molecule has 6 heteroatoms. The number of imide groups is 1. The maximum absolute atomic E-state index is 12.4. The van der Waals surface area contributed by atoms with Gasteiger partial charge in [-0.15, -0.1) is 0 Å². The summed E-state index contributed by atoms with van der Waals surface area (Å²) in [6, 6.07) is 2.66. The summed E-state index contributed by atoms with van der Waals surface area (Å²) in [5.41, 5.74) is 5.30. The summed E-state index contributed by atoms with van der Waals surface area (Å²) < 4.78 is 5.20. The van der Waals surface area contributed by atoms with Crippen LogP contribution in [0.25, 0.3) is 0 Å². The zero-order chi connectivity index (χ0) is 13.5. The number of hydrogen-bond donors (Lipinski definition) is 2. The molecular weight excluding hydrogens is 246 g/mol. The van der Waals surface area contributed by atoms with Crippen LogP contribution in [-0.2, 0) is 4.79 Å². The number of nitrogens with zero attached hydrogens (tertiary/aromatic N) is 1. The molecule has 102 valence electrons. The SMILES string of the molecule is NC(CN1C(=O)NC2(CCCC2)C1=O)c1ccco1. The molecule has 1 aliphatic heterocycles. The van der Waals surface area contributed by atoms with Crippen molar-refractivity contribution in [1.82, 2.24) is 10.2 Å². The van der Waals surface area contributed by atoms with E-state index in [-0.39, 0.29) is 18.5 Å². The summed E-state index contributed by atoms with van der Waals surface area (Å²) in [7, 11) is 0. The number of urea groups is 1. The molecule has 0 aromatic carbocycles. The van der Waals surface area contributed by atoms with Crippen LogP contribution in [0.4, 0.5) is 4.79 Å². The first-order chi connectivity index (χ1) is 9.12. The van der Waals surface area contributed by atoms with Gasteiger partial charge < -0.3 is 15.5 Å². The number of carbonyl (C=O) groups excluding carboxylic acids is 2. The van der Waals surface area contributed by atoms with Crippen molar-refractivity contribution in [2.75, 3.05) is 6.54 Å². The summed E-state index contributed by atoms with van der Waals surface area (Å²) in [6.07, 6.45) is 4.93. The lowest BCUT2D eigenvalue weighted by atomic mass is 9.98. The van der Waals surface area contributed by atoms with Crippen LogP contribution in [0.15, 0.2) is 22.8 Å². The minimum Gasteiger partial charge on any atom is -0.468 e. The maximum Gasteiger partial charge on any atom is 0.325 e. The van der Waals surface area contributed by atoms with Crippen LogP contribution in [0.5, 0.6) is 0 Å². The molecule has 1 atom stereocenters. The Morgan fingerprint density at radius 3 is 2.79 bits per heavy atom. The Morgan fingerprint density at radius 1 is 1.42 bits per heavy atom. The van der Waals surface area contributed by atoms with Crippen LogP contribution < -0.4 is 11.1 Å². The van der Waals surface area contributed by atoms with Gasteiger partial charge in [-0.3, -0.25) is 9.69 Å². The van der Waals surface area contributed by atoms with Crippen molar-refractivity contribution in [3.8, 4) is 0 Å². The molecule has 2 aliphatic rings. The lowest BCUT2D eigenvalue weighted by Gasteiger charge is -2.21. The van der Waals surface area contributed by atoms with E-state index in [4.69, 9.17) is 10.2 Å². The molecule has 0 bridgehead atoms. The molecule has 1 saturated heterocycles. The van der Waals surface area contributed by atoms with Crippen molar-refractivity contribution in [3.63, 3.8) is 0 Å². The zero-order valence-corrected chi connectivity index (χ0v) is 10.6. The average Bonchev–Trinajstić information content (AvgIpc) is 3.08. The smallest absolute Gasteiger partial charge is 0.325 e. The second kappa shape index (κ2) is 4.38. The number of furan rings is 1. The Labute approximate surface area is 110 Å². The molecule has 3 rings (SSSR count). The fourth-order valence-corrected chi connectivity index (χ4v) is 2.95. The Balaban J connectivity index is 1.74. The van der Waals surface area contributed by atoms with Crippen LogP contribution >= 0.6 is 0 Å². The standard InChI is InChI=1S/C13H17N3O3/c14-9(10-4-3-7-19-10)8-16-11(17)13(15-12(16)18)5-1-2-6-13/h3-4,7,9H,1-2,5-6,8,14H2,(H,15,18). The van der Waals surface area contributed by atoms with Gasteiger partial charge in [-0.2, -0.15) is 0 Å². The van der Waals surface area contributed by atoms with E-state index in [0.717, 1.165) is 25.7 Å². The molecule has 6 nitrogen and oxygen atoms in total. The van der Waals surface area contributed by atoms with E-state index in [0.29, 0.717) is 5.76 Å². The normalized spacial score (nSPS) is 23.1. The zero-order valence-electron chi connectivity index (χ0n) is 10.6. The Bertz CT molecular complexity index is 491. The monoisotopic (exact) mass is 263 g/mol. The molecular formula is C13H17N3O3. The second-order valence-corrected chi connectivity index (χ2v) is 5.26. The van der Waals surface area contributed by atoms with Crippen molar-refractivity contribution in [2.24, 2.45) is 5.73 Å². The summed E-state index contributed by atoms with van der Waals surface area (Å²) >= 11 is 0. The van der Waals surface area contributed by atoms with Crippen LogP contribution in [-0.4, -0.2) is 28.9 Å². The van der Waals surface area contributed by atoms with E-state index in [9.17, 15) is 9.59 Å². The molecule has 2 heterocycles. The highest BCUT2D eigenvalue weighted by molar-refractivity contribution is 6.07.